The van der Waals surface area contributed by atoms with Gasteiger partial charge in [0.2, 0.25) is 6.79 Å². The summed E-state index contributed by atoms with van der Waals surface area (Å²) in [5, 5.41) is 13.1. The Morgan fingerprint density at radius 3 is 2.81 bits per heavy atom. The Balaban J connectivity index is 2.02. The topological polar surface area (TPSA) is 57.5 Å². The third-order valence-electron chi connectivity index (χ3n) is 3.58. The summed E-state index contributed by atoms with van der Waals surface area (Å²) >= 11 is 6.15. The Morgan fingerprint density at radius 2 is 2.14 bits per heavy atom. The zero-order chi connectivity index (χ0) is 15.2. The van der Waals surface area contributed by atoms with Crippen molar-refractivity contribution in [3.05, 3.63) is 22.7 Å². The molecule has 21 heavy (non-hydrogen) atoms. The van der Waals surface area contributed by atoms with Crippen LogP contribution in [-0.4, -0.2) is 37.9 Å². The average molecular weight is 310 g/mol. The normalized spacial score (nSPS) is 14.2. The first-order valence-corrected chi connectivity index (χ1v) is 7.51. The third kappa shape index (κ3) is 3.79. The van der Waals surface area contributed by atoms with Gasteiger partial charge in [0.25, 0.3) is 0 Å². The van der Waals surface area contributed by atoms with Crippen molar-refractivity contribution >= 4 is 11.6 Å². The van der Waals surface area contributed by atoms with Gasteiger partial charge < -0.3 is 14.4 Å². The Bertz CT molecular complexity index is 526. The summed E-state index contributed by atoms with van der Waals surface area (Å²) in [6.07, 6.45) is 0. The second kappa shape index (κ2) is 7.51. The van der Waals surface area contributed by atoms with E-state index >= 15 is 0 Å². The molecule has 0 aromatic heterocycles. The van der Waals surface area contributed by atoms with E-state index in [0.717, 1.165) is 31.7 Å². The van der Waals surface area contributed by atoms with Gasteiger partial charge in [0.1, 0.15) is 6.04 Å². The molecule has 1 aromatic carbocycles. The largest absolute Gasteiger partial charge is 0.454 e. The van der Waals surface area contributed by atoms with E-state index in [1.807, 2.05) is 6.07 Å². The van der Waals surface area contributed by atoms with Gasteiger partial charge in [-0.15, -0.1) is 0 Å². The zero-order valence-electron chi connectivity index (χ0n) is 12.4. The third-order valence-corrected chi connectivity index (χ3v) is 3.86. The lowest BCUT2D eigenvalue weighted by atomic mass is 10.1. The van der Waals surface area contributed by atoms with Crippen LogP contribution in [0.4, 0.5) is 0 Å². The molecule has 1 N–H and O–H groups in total. The number of hydrogen-bond donors (Lipinski definition) is 1. The number of hydrogen-bond acceptors (Lipinski definition) is 5. The van der Waals surface area contributed by atoms with Crippen LogP contribution < -0.4 is 14.8 Å². The van der Waals surface area contributed by atoms with E-state index in [1.165, 1.54) is 0 Å². The highest BCUT2D eigenvalue weighted by atomic mass is 35.5. The molecule has 0 aliphatic carbocycles. The molecular formula is C15H20ClN3O2. The molecule has 114 valence electrons. The predicted octanol–water partition coefficient (Wildman–Crippen LogP) is 2.56. The van der Waals surface area contributed by atoms with Crippen molar-refractivity contribution < 1.29 is 9.47 Å². The molecule has 0 bridgehead atoms. The van der Waals surface area contributed by atoms with E-state index in [9.17, 15) is 5.26 Å². The fraction of sp³-hybridized carbons (Fsp3) is 0.533. The van der Waals surface area contributed by atoms with Crippen LogP contribution in [0.2, 0.25) is 5.02 Å². The summed E-state index contributed by atoms with van der Waals surface area (Å²) in [6, 6.07) is 5.42. The van der Waals surface area contributed by atoms with Gasteiger partial charge in [0, 0.05) is 13.1 Å². The van der Waals surface area contributed by atoms with Gasteiger partial charge in [-0.25, -0.2) is 0 Å². The van der Waals surface area contributed by atoms with Gasteiger partial charge in [-0.1, -0.05) is 25.4 Å². The van der Waals surface area contributed by atoms with Crippen molar-refractivity contribution in [2.75, 3.05) is 33.0 Å². The number of halogens is 1. The lowest BCUT2D eigenvalue weighted by Crippen LogP contribution is -2.33. The standard InChI is InChI=1S/C15H20ClN3O2/c1-3-19(4-2)6-5-18-13(9-17)11-7-12(16)15-14(8-11)20-10-21-15/h7-8,13,18H,3-6,10H2,1-2H3. The Morgan fingerprint density at radius 1 is 1.38 bits per heavy atom. The number of nitrogens with zero attached hydrogens (tertiary/aromatic N) is 2. The molecule has 0 saturated carbocycles. The highest BCUT2D eigenvalue weighted by Gasteiger charge is 2.21. The SMILES string of the molecule is CCN(CC)CCNC(C#N)c1cc(Cl)c2c(c1)OCO2. The van der Waals surface area contributed by atoms with Gasteiger partial charge in [-0.2, -0.15) is 5.26 Å². The monoisotopic (exact) mass is 309 g/mol. The zero-order valence-corrected chi connectivity index (χ0v) is 13.1. The number of benzene rings is 1. The Hall–Kier alpha value is -1.48. The molecule has 2 rings (SSSR count). The summed E-state index contributed by atoms with van der Waals surface area (Å²) < 4.78 is 10.6. The number of rotatable bonds is 7. The van der Waals surface area contributed by atoms with Crippen molar-refractivity contribution in [3.8, 4) is 17.6 Å². The quantitative estimate of drug-likeness (QED) is 0.839. The van der Waals surface area contributed by atoms with Crippen LogP contribution in [0.3, 0.4) is 0 Å². The van der Waals surface area contributed by atoms with Crippen LogP contribution in [0.5, 0.6) is 11.5 Å². The van der Waals surface area contributed by atoms with E-state index in [-0.39, 0.29) is 6.79 Å². The molecule has 0 fully saturated rings. The summed E-state index contributed by atoms with van der Waals surface area (Å²) in [6.45, 7) is 8.09. The maximum absolute atomic E-state index is 9.36. The highest BCUT2D eigenvalue weighted by molar-refractivity contribution is 6.32. The number of ether oxygens (including phenoxy) is 2. The minimum absolute atomic E-state index is 0.172. The summed E-state index contributed by atoms with van der Waals surface area (Å²) in [5.41, 5.74) is 0.797. The fourth-order valence-electron chi connectivity index (χ4n) is 2.30. The molecule has 1 heterocycles. The Labute approximate surface area is 130 Å². The molecule has 1 atom stereocenters. The molecule has 5 nitrogen and oxygen atoms in total. The molecular weight excluding hydrogens is 290 g/mol. The van der Waals surface area contributed by atoms with E-state index in [2.05, 4.69) is 30.1 Å². The van der Waals surface area contributed by atoms with Crippen molar-refractivity contribution in [2.45, 2.75) is 19.9 Å². The lowest BCUT2D eigenvalue weighted by Gasteiger charge is -2.19. The van der Waals surface area contributed by atoms with E-state index < -0.39 is 6.04 Å². The second-order valence-corrected chi connectivity index (χ2v) is 5.19. The summed E-state index contributed by atoms with van der Waals surface area (Å²) in [5.74, 6) is 1.16. The number of likely N-dealkylation sites (N-methyl/N-ethyl adjacent to an activating group) is 1. The van der Waals surface area contributed by atoms with Crippen molar-refractivity contribution in [3.63, 3.8) is 0 Å². The molecule has 0 amide bonds. The van der Waals surface area contributed by atoms with Gasteiger partial charge in [-0.3, -0.25) is 5.32 Å². The maximum atomic E-state index is 9.36. The summed E-state index contributed by atoms with van der Waals surface area (Å²) in [4.78, 5) is 2.30. The minimum Gasteiger partial charge on any atom is -0.454 e. The van der Waals surface area contributed by atoms with Gasteiger partial charge in [-0.05, 0) is 30.8 Å². The Kier molecular flexibility index (Phi) is 5.68. The molecule has 0 radical (unpaired) electrons. The molecule has 1 aliphatic heterocycles. The van der Waals surface area contributed by atoms with E-state index in [0.29, 0.717) is 16.5 Å². The number of nitrogens with one attached hydrogen (secondary N) is 1. The smallest absolute Gasteiger partial charge is 0.231 e. The van der Waals surface area contributed by atoms with Crippen molar-refractivity contribution in [2.24, 2.45) is 0 Å². The van der Waals surface area contributed by atoms with Crippen molar-refractivity contribution in [1.29, 1.82) is 5.26 Å². The van der Waals surface area contributed by atoms with Crippen LogP contribution in [-0.2, 0) is 0 Å². The van der Waals surface area contributed by atoms with Crippen molar-refractivity contribution in [1.82, 2.24) is 10.2 Å². The average Bonchev–Trinajstić information content (AvgIpc) is 2.96. The first-order valence-electron chi connectivity index (χ1n) is 7.14. The van der Waals surface area contributed by atoms with Crippen LogP contribution in [0.15, 0.2) is 12.1 Å². The molecule has 1 aromatic rings. The van der Waals surface area contributed by atoms with Crippen LogP contribution in [0.1, 0.15) is 25.5 Å². The van der Waals surface area contributed by atoms with Gasteiger partial charge >= 0.3 is 0 Å². The van der Waals surface area contributed by atoms with Gasteiger partial charge in [0.15, 0.2) is 11.5 Å². The van der Waals surface area contributed by atoms with Gasteiger partial charge in [0.05, 0.1) is 11.1 Å². The molecule has 1 unspecified atom stereocenters. The first-order chi connectivity index (χ1) is 10.2. The predicted molar refractivity (Wildman–Crippen MR) is 81.7 cm³/mol. The van der Waals surface area contributed by atoms with E-state index in [4.69, 9.17) is 21.1 Å². The molecule has 0 spiro atoms. The number of fused-ring (bicyclic) bond motifs is 1. The minimum atomic E-state index is -0.410. The molecule has 0 saturated heterocycles. The van der Waals surface area contributed by atoms with Crippen LogP contribution in [0, 0.1) is 11.3 Å². The molecule has 1 aliphatic rings. The fourth-order valence-corrected chi connectivity index (χ4v) is 2.57. The highest BCUT2D eigenvalue weighted by Crippen LogP contribution is 2.40. The lowest BCUT2D eigenvalue weighted by molar-refractivity contribution is 0.174. The maximum Gasteiger partial charge on any atom is 0.231 e. The summed E-state index contributed by atoms with van der Waals surface area (Å²) in [7, 11) is 0. The number of nitriles is 1. The molecule has 6 heteroatoms. The second-order valence-electron chi connectivity index (χ2n) is 4.78. The van der Waals surface area contributed by atoms with Crippen LogP contribution >= 0.6 is 11.6 Å². The first kappa shape index (κ1) is 15.9. The van der Waals surface area contributed by atoms with E-state index in [1.54, 1.807) is 6.07 Å². The van der Waals surface area contributed by atoms with Crippen LogP contribution in [0.25, 0.3) is 0 Å².